The highest BCUT2D eigenvalue weighted by Gasteiger charge is 2.34. The minimum absolute atomic E-state index is 0.0158. The molecule has 38 heavy (non-hydrogen) atoms. The van der Waals surface area contributed by atoms with E-state index < -0.39 is 0 Å². The smallest absolute Gasteiger partial charge is 0.322 e. The van der Waals surface area contributed by atoms with Gasteiger partial charge >= 0.3 is 6.03 Å². The van der Waals surface area contributed by atoms with Crippen LogP contribution in [0.5, 0.6) is 5.75 Å². The van der Waals surface area contributed by atoms with Crippen molar-refractivity contribution < 1.29 is 19.1 Å². The van der Waals surface area contributed by atoms with E-state index >= 15 is 0 Å². The third kappa shape index (κ3) is 6.37. The molecule has 200 valence electrons. The van der Waals surface area contributed by atoms with Crippen LogP contribution in [0.2, 0.25) is 0 Å². The number of thiophene rings is 1. The van der Waals surface area contributed by atoms with E-state index in [2.05, 4.69) is 16.8 Å². The molecular weight excluding hydrogens is 498 g/mol. The van der Waals surface area contributed by atoms with E-state index in [1.54, 1.807) is 16.2 Å². The van der Waals surface area contributed by atoms with Gasteiger partial charge in [0, 0.05) is 30.3 Å². The molecule has 3 aromatic rings. The summed E-state index contributed by atoms with van der Waals surface area (Å²) in [6.45, 7) is 6.06. The van der Waals surface area contributed by atoms with E-state index in [1.807, 2.05) is 67.3 Å². The molecule has 1 saturated heterocycles. The summed E-state index contributed by atoms with van der Waals surface area (Å²) in [6, 6.07) is 17.2. The standard InChI is InChI=1S/C30H35N3O4S/c1-21-5-9-23(10-6-21)31-30(35)32(18-25-4-3-16-36-25)19-29(34)33-15-13-28-26(14-17-38-28)27(33)20-37-24-11-7-22(2)8-12-24/h5-12,14,17,25,27H,3-4,13,15-16,18-20H2,1-2H3,(H,31,35). The number of aryl methyl sites for hydroxylation is 2. The maximum atomic E-state index is 13.8. The fraction of sp³-hybridized carbons (Fsp3) is 0.400. The normalized spacial score (nSPS) is 18.6. The third-order valence-electron chi connectivity index (χ3n) is 7.21. The molecule has 2 atom stereocenters. The Hall–Kier alpha value is -3.36. The van der Waals surface area contributed by atoms with Gasteiger partial charge in [-0.15, -0.1) is 11.3 Å². The van der Waals surface area contributed by atoms with Crippen molar-refractivity contribution in [2.45, 2.75) is 45.3 Å². The highest BCUT2D eigenvalue weighted by atomic mass is 32.1. The van der Waals surface area contributed by atoms with Gasteiger partial charge in [-0.1, -0.05) is 35.4 Å². The Balaban J connectivity index is 1.31. The first-order chi connectivity index (χ1) is 18.5. The van der Waals surface area contributed by atoms with Crippen LogP contribution < -0.4 is 10.1 Å². The number of carbonyl (C=O) groups is 2. The minimum Gasteiger partial charge on any atom is -0.491 e. The minimum atomic E-state index is -0.293. The summed E-state index contributed by atoms with van der Waals surface area (Å²) in [5, 5.41) is 5.04. The molecule has 0 aliphatic carbocycles. The molecule has 3 heterocycles. The largest absolute Gasteiger partial charge is 0.491 e. The number of ether oxygens (including phenoxy) is 2. The summed E-state index contributed by atoms with van der Waals surface area (Å²) in [4.78, 5) is 31.9. The summed E-state index contributed by atoms with van der Waals surface area (Å²) >= 11 is 1.72. The van der Waals surface area contributed by atoms with Crippen LogP contribution >= 0.6 is 11.3 Å². The zero-order valence-electron chi connectivity index (χ0n) is 22.0. The number of amides is 3. The summed E-state index contributed by atoms with van der Waals surface area (Å²) < 4.78 is 12.0. The van der Waals surface area contributed by atoms with Crippen molar-refractivity contribution in [1.82, 2.24) is 9.80 Å². The van der Waals surface area contributed by atoms with E-state index in [1.165, 1.54) is 10.4 Å². The highest BCUT2D eigenvalue weighted by molar-refractivity contribution is 7.10. The zero-order chi connectivity index (χ0) is 26.5. The molecule has 1 fully saturated rings. The van der Waals surface area contributed by atoms with Crippen LogP contribution in [-0.2, 0) is 16.0 Å². The van der Waals surface area contributed by atoms with Gasteiger partial charge in [-0.2, -0.15) is 0 Å². The number of benzene rings is 2. The van der Waals surface area contributed by atoms with E-state index in [-0.39, 0.29) is 30.6 Å². The van der Waals surface area contributed by atoms with Crippen LogP contribution in [0.25, 0.3) is 0 Å². The molecule has 2 unspecified atom stereocenters. The number of urea groups is 1. The first kappa shape index (κ1) is 26.3. The second-order valence-electron chi connectivity index (χ2n) is 10.1. The van der Waals surface area contributed by atoms with Crippen molar-refractivity contribution in [2.75, 3.05) is 38.2 Å². The van der Waals surface area contributed by atoms with Gasteiger partial charge in [0.1, 0.15) is 18.9 Å². The Kier molecular flexibility index (Phi) is 8.29. The van der Waals surface area contributed by atoms with Crippen molar-refractivity contribution in [3.05, 3.63) is 81.5 Å². The molecule has 8 heteroatoms. The molecule has 3 amide bonds. The molecule has 2 aliphatic heterocycles. The lowest BCUT2D eigenvalue weighted by Crippen LogP contribution is -2.50. The molecule has 1 aromatic heterocycles. The Labute approximate surface area is 228 Å². The van der Waals surface area contributed by atoms with E-state index in [0.29, 0.717) is 32.0 Å². The molecule has 0 saturated carbocycles. The lowest BCUT2D eigenvalue weighted by Gasteiger charge is -2.37. The maximum Gasteiger partial charge on any atom is 0.322 e. The van der Waals surface area contributed by atoms with Crippen molar-refractivity contribution >= 4 is 29.0 Å². The molecule has 1 N–H and O–H groups in total. The van der Waals surface area contributed by atoms with Crippen LogP contribution in [0.15, 0.2) is 60.0 Å². The summed E-state index contributed by atoms with van der Waals surface area (Å²) in [5.74, 6) is 0.694. The van der Waals surface area contributed by atoms with Gasteiger partial charge in [-0.05, 0) is 74.4 Å². The SMILES string of the molecule is Cc1ccc(NC(=O)N(CC(=O)N2CCc3sccc3C2COc2ccc(C)cc2)CC2CCCO2)cc1. The summed E-state index contributed by atoms with van der Waals surface area (Å²) in [7, 11) is 0. The number of rotatable bonds is 8. The van der Waals surface area contributed by atoms with Crippen LogP contribution in [0.1, 0.15) is 40.5 Å². The molecule has 0 spiro atoms. The van der Waals surface area contributed by atoms with Crippen LogP contribution in [-0.4, -0.2) is 60.7 Å². The summed E-state index contributed by atoms with van der Waals surface area (Å²) in [5.41, 5.74) is 4.13. The number of anilines is 1. The van der Waals surface area contributed by atoms with Gasteiger partial charge in [-0.3, -0.25) is 4.79 Å². The summed E-state index contributed by atoms with van der Waals surface area (Å²) in [6.07, 6.45) is 2.60. The van der Waals surface area contributed by atoms with Crippen LogP contribution in [0.4, 0.5) is 10.5 Å². The monoisotopic (exact) mass is 533 g/mol. The molecule has 5 rings (SSSR count). The van der Waals surface area contributed by atoms with Crippen molar-refractivity contribution in [3.63, 3.8) is 0 Å². The predicted molar refractivity (Wildman–Crippen MR) is 150 cm³/mol. The predicted octanol–water partition coefficient (Wildman–Crippen LogP) is 5.58. The van der Waals surface area contributed by atoms with Gasteiger partial charge in [0.05, 0.1) is 12.1 Å². The van der Waals surface area contributed by atoms with E-state index in [9.17, 15) is 9.59 Å². The van der Waals surface area contributed by atoms with Crippen LogP contribution in [0, 0.1) is 13.8 Å². The Morgan fingerprint density at radius 2 is 1.82 bits per heavy atom. The van der Waals surface area contributed by atoms with E-state index in [4.69, 9.17) is 9.47 Å². The lowest BCUT2D eigenvalue weighted by atomic mass is 10.0. The Morgan fingerprint density at radius 1 is 1.08 bits per heavy atom. The number of carbonyl (C=O) groups excluding carboxylic acids is 2. The average Bonchev–Trinajstić information content (AvgIpc) is 3.61. The van der Waals surface area contributed by atoms with Crippen molar-refractivity contribution in [2.24, 2.45) is 0 Å². The van der Waals surface area contributed by atoms with Crippen molar-refractivity contribution in [3.8, 4) is 5.75 Å². The first-order valence-corrected chi connectivity index (χ1v) is 14.1. The second kappa shape index (κ2) is 12.0. The number of fused-ring (bicyclic) bond motifs is 1. The Bertz CT molecular complexity index is 1240. The molecule has 2 aromatic carbocycles. The number of hydrogen-bond donors (Lipinski definition) is 1. The molecule has 2 aliphatic rings. The molecule has 0 bridgehead atoms. The third-order valence-corrected chi connectivity index (χ3v) is 8.20. The second-order valence-corrected chi connectivity index (χ2v) is 11.1. The quantitative estimate of drug-likeness (QED) is 0.410. The molecule has 7 nitrogen and oxygen atoms in total. The maximum absolute atomic E-state index is 13.8. The van der Waals surface area contributed by atoms with Gasteiger partial charge < -0.3 is 24.6 Å². The number of nitrogens with zero attached hydrogens (tertiary/aromatic N) is 2. The average molecular weight is 534 g/mol. The van der Waals surface area contributed by atoms with Crippen LogP contribution in [0.3, 0.4) is 0 Å². The lowest BCUT2D eigenvalue weighted by molar-refractivity contribution is -0.135. The number of hydrogen-bond acceptors (Lipinski definition) is 5. The topological polar surface area (TPSA) is 71.1 Å². The van der Waals surface area contributed by atoms with E-state index in [0.717, 1.165) is 36.1 Å². The van der Waals surface area contributed by atoms with Gasteiger partial charge in [0.15, 0.2) is 0 Å². The zero-order valence-corrected chi connectivity index (χ0v) is 22.8. The fourth-order valence-electron chi connectivity index (χ4n) is 5.03. The van der Waals surface area contributed by atoms with Crippen molar-refractivity contribution in [1.29, 1.82) is 0 Å². The van der Waals surface area contributed by atoms with Gasteiger partial charge in [0.25, 0.3) is 0 Å². The molecule has 0 radical (unpaired) electrons. The molecular formula is C30H35N3O4S. The first-order valence-electron chi connectivity index (χ1n) is 13.3. The van der Waals surface area contributed by atoms with Gasteiger partial charge in [-0.25, -0.2) is 4.79 Å². The number of nitrogens with one attached hydrogen (secondary N) is 1. The highest BCUT2D eigenvalue weighted by Crippen LogP contribution is 2.34. The Morgan fingerprint density at radius 3 is 2.53 bits per heavy atom. The fourth-order valence-corrected chi connectivity index (χ4v) is 5.96. The van der Waals surface area contributed by atoms with Gasteiger partial charge in [0.2, 0.25) is 5.91 Å².